The molecule has 1 aromatic heterocycles. The van der Waals surface area contributed by atoms with E-state index in [0.29, 0.717) is 6.04 Å². The summed E-state index contributed by atoms with van der Waals surface area (Å²) in [6, 6.07) is 8.55. The summed E-state index contributed by atoms with van der Waals surface area (Å²) >= 11 is 4.32. The normalized spacial score (nSPS) is 13.5. The molecule has 0 saturated heterocycles. The van der Waals surface area contributed by atoms with Crippen molar-refractivity contribution in [2.75, 3.05) is 19.8 Å². The van der Waals surface area contributed by atoms with E-state index >= 15 is 0 Å². The molecule has 0 aliphatic heterocycles. The maximum atomic E-state index is 5.57. The molecule has 0 spiro atoms. The van der Waals surface area contributed by atoms with Crippen LogP contribution in [0.2, 0.25) is 0 Å². The number of fused-ring (bicyclic) bond motifs is 1. The number of benzene rings is 1. The lowest BCUT2D eigenvalue weighted by Crippen LogP contribution is -2.20. The zero-order valence-corrected chi connectivity index (χ0v) is 10.6. The first kappa shape index (κ1) is 11.6. The second kappa shape index (κ2) is 4.93. The molecule has 0 fully saturated rings. The standard InChI is InChI=1S/C13H17NOS/c1-14(2)12(7-8-16)11-9-15-13-6-4-3-5-10(11)13/h3-6,9,12,16H,7-8H2,1-2H3. The van der Waals surface area contributed by atoms with Crippen molar-refractivity contribution in [3.05, 3.63) is 36.1 Å². The Kier molecular flexibility index (Phi) is 3.56. The van der Waals surface area contributed by atoms with Crippen LogP contribution < -0.4 is 0 Å². The first-order chi connectivity index (χ1) is 7.74. The monoisotopic (exact) mass is 235 g/mol. The summed E-state index contributed by atoms with van der Waals surface area (Å²) in [4.78, 5) is 2.22. The number of nitrogens with zero attached hydrogens (tertiary/aromatic N) is 1. The van der Waals surface area contributed by atoms with Crippen LogP contribution in [0.25, 0.3) is 11.0 Å². The van der Waals surface area contributed by atoms with Gasteiger partial charge in [0.2, 0.25) is 0 Å². The summed E-state index contributed by atoms with van der Waals surface area (Å²) < 4.78 is 5.57. The van der Waals surface area contributed by atoms with E-state index in [1.165, 1.54) is 10.9 Å². The molecule has 2 aromatic rings. The van der Waals surface area contributed by atoms with Crippen LogP contribution in [0.5, 0.6) is 0 Å². The molecule has 1 aromatic carbocycles. The Balaban J connectivity index is 2.44. The summed E-state index contributed by atoms with van der Waals surface area (Å²) in [5.41, 5.74) is 2.22. The minimum absolute atomic E-state index is 0.376. The van der Waals surface area contributed by atoms with Gasteiger partial charge in [-0.15, -0.1) is 0 Å². The average molecular weight is 235 g/mol. The van der Waals surface area contributed by atoms with E-state index in [2.05, 4.69) is 43.8 Å². The third-order valence-electron chi connectivity index (χ3n) is 2.90. The van der Waals surface area contributed by atoms with Gasteiger partial charge in [0.05, 0.1) is 6.26 Å². The zero-order valence-electron chi connectivity index (χ0n) is 9.68. The lowest BCUT2D eigenvalue weighted by Gasteiger charge is -2.22. The van der Waals surface area contributed by atoms with Gasteiger partial charge < -0.3 is 9.32 Å². The molecular weight excluding hydrogens is 218 g/mol. The van der Waals surface area contributed by atoms with E-state index in [0.717, 1.165) is 17.8 Å². The predicted octanol–water partition coefficient (Wildman–Crippen LogP) is 3.36. The number of hydrogen-bond donors (Lipinski definition) is 1. The number of hydrogen-bond acceptors (Lipinski definition) is 3. The van der Waals surface area contributed by atoms with E-state index in [1.54, 1.807) is 0 Å². The molecule has 0 aliphatic carbocycles. The van der Waals surface area contributed by atoms with Crippen molar-refractivity contribution in [1.82, 2.24) is 4.90 Å². The van der Waals surface area contributed by atoms with Gasteiger partial charge in [-0.2, -0.15) is 12.6 Å². The Morgan fingerprint density at radius 1 is 1.31 bits per heavy atom. The summed E-state index contributed by atoms with van der Waals surface area (Å²) in [7, 11) is 4.19. The van der Waals surface area contributed by atoms with Gasteiger partial charge in [-0.1, -0.05) is 18.2 Å². The minimum atomic E-state index is 0.376. The molecule has 0 radical (unpaired) electrons. The first-order valence-corrected chi connectivity index (χ1v) is 6.10. The summed E-state index contributed by atoms with van der Waals surface area (Å²) in [6.45, 7) is 0. The van der Waals surface area contributed by atoms with Gasteiger partial charge in [0.15, 0.2) is 0 Å². The van der Waals surface area contributed by atoms with Gasteiger partial charge in [-0.25, -0.2) is 0 Å². The van der Waals surface area contributed by atoms with Crippen LogP contribution in [-0.2, 0) is 0 Å². The molecule has 2 rings (SSSR count). The number of furan rings is 1. The second-order valence-electron chi connectivity index (χ2n) is 4.18. The third-order valence-corrected chi connectivity index (χ3v) is 3.15. The zero-order chi connectivity index (χ0) is 11.5. The molecule has 2 nitrogen and oxygen atoms in total. The molecule has 3 heteroatoms. The third kappa shape index (κ3) is 2.11. The quantitative estimate of drug-likeness (QED) is 0.818. The topological polar surface area (TPSA) is 16.4 Å². The molecule has 16 heavy (non-hydrogen) atoms. The first-order valence-electron chi connectivity index (χ1n) is 5.47. The number of thiol groups is 1. The van der Waals surface area contributed by atoms with Crippen LogP contribution in [0.15, 0.2) is 34.9 Å². The molecule has 0 aliphatic rings. The van der Waals surface area contributed by atoms with E-state index in [4.69, 9.17) is 4.42 Å². The van der Waals surface area contributed by atoms with Crippen LogP contribution in [0.4, 0.5) is 0 Å². The lowest BCUT2D eigenvalue weighted by molar-refractivity contribution is 0.293. The molecule has 1 atom stereocenters. The van der Waals surface area contributed by atoms with Crippen molar-refractivity contribution < 1.29 is 4.42 Å². The van der Waals surface area contributed by atoms with Gasteiger partial charge in [-0.05, 0) is 32.3 Å². The fourth-order valence-corrected chi connectivity index (χ4v) is 2.32. The smallest absolute Gasteiger partial charge is 0.134 e. The van der Waals surface area contributed by atoms with Crippen LogP contribution in [0.1, 0.15) is 18.0 Å². The highest BCUT2D eigenvalue weighted by Gasteiger charge is 2.17. The Hall–Kier alpha value is -0.930. The van der Waals surface area contributed by atoms with Crippen molar-refractivity contribution >= 4 is 23.6 Å². The number of rotatable bonds is 4. The average Bonchev–Trinajstić information content (AvgIpc) is 2.69. The molecule has 1 unspecified atom stereocenters. The second-order valence-corrected chi connectivity index (χ2v) is 4.63. The van der Waals surface area contributed by atoms with Crippen molar-refractivity contribution in [2.24, 2.45) is 0 Å². The van der Waals surface area contributed by atoms with Crippen molar-refractivity contribution in [1.29, 1.82) is 0 Å². The number of para-hydroxylation sites is 1. The van der Waals surface area contributed by atoms with Crippen LogP contribution in [0.3, 0.4) is 0 Å². The molecule has 0 bridgehead atoms. The van der Waals surface area contributed by atoms with E-state index in [-0.39, 0.29) is 0 Å². The minimum Gasteiger partial charge on any atom is -0.464 e. The summed E-state index contributed by atoms with van der Waals surface area (Å²) in [5.74, 6) is 0.877. The fourth-order valence-electron chi connectivity index (χ4n) is 2.07. The molecule has 0 N–H and O–H groups in total. The van der Waals surface area contributed by atoms with Gasteiger partial charge in [0, 0.05) is 17.0 Å². The van der Waals surface area contributed by atoms with Crippen molar-refractivity contribution in [3.8, 4) is 0 Å². The van der Waals surface area contributed by atoms with Gasteiger partial charge >= 0.3 is 0 Å². The Bertz CT molecular complexity index is 464. The summed E-state index contributed by atoms with van der Waals surface area (Å²) in [5, 5.41) is 1.21. The van der Waals surface area contributed by atoms with E-state index in [1.807, 2.05) is 18.4 Å². The molecule has 86 valence electrons. The predicted molar refractivity (Wildman–Crippen MR) is 71.1 cm³/mol. The Morgan fingerprint density at radius 3 is 2.75 bits per heavy atom. The summed E-state index contributed by atoms with van der Waals surface area (Å²) in [6.07, 6.45) is 2.90. The van der Waals surface area contributed by atoms with Gasteiger partial charge in [0.1, 0.15) is 5.58 Å². The molecule has 0 amide bonds. The van der Waals surface area contributed by atoms with Crippen molar-refractivity contribution in [3.63, 3.8) is 0 Å². The molecular formula is C13H17NOS. The van der Waals surface area contributed by atoms with Crippen LogP contribution in [-0.4, -0.2) is 24.7 Å². The van der Waals surface area contributed by atoms with Gasteiger partial charge in [0.25, 0.3) is 0 Å². The molecule has 0 saturated carbocycles. The Morgan fingerprint density at radius 2 is 2.06 bits per heavy atom. The highest BCUT2D eigenvalue weighted by molar-refractivity contribution is 7.80. The lowest BCUT2D eigenvalue weighted by atomic mass is 10.0. The maximum Gasteiger partial charge on any atom is 0.134 e. The Labute approximate surface area is 102 Å². The highest BCUT2D eigenvalue weighted by Crippen LogP contribution is 2.30. The van der Waals surface area contributed by atoms with Crippen LogP contribution in [0, 0.1) is 0 Å². The SMILES string of the molecule is CN(C)C(CCS)c1coc2ccccc12. The van der Waals surface area contributed by atoms with Gasteiger partial charge in [-0.3, -0.25) is 0 Å². The van der Waals surface area contributed by atoms with Crippen molar-refractivity contribution in [2.45, 2.75) is 12.5 Å². The fraction of sp³-hybridized carbons (Fsp3) is 0.385. The van der Waals surface area contributed by atoms with E-state index < -0.39 is 0 Å². The van der Waals surface area contributed by atoms with Crippen LogP contribution >= 0.6 is 12.6 Å². The molecule has 1 heterocycles. The largest absolute Gasteiger partial charge is 0.464 e. The maximum absolute atomic E-state index is 5.57. The highest BCUT2D eigenvalue weighted by atomic mass is 32.1. The van der Waals surface area contributed by atoms with E-state index in [9.17, 15) is 0 Å².